The van der Waals surface area contributed by atoms with E-state index in [4.69, 9.17) is 0 Å². The molecule has 6 heteroatoms. The molecule has 0 aromatic rings. The van der Waals surface area contributed by atoms with Gasteiger partial charge in [0.05, 0.1) is 12.5 Å². The number of carbonyl (C=O) groups is 2. The third-order valence-electron chi connectivity index (χ3n) is 2.80. The molecule has 0 aliphatic rings. The van der Waals surface area contributed by atoms with Crippen molar-refractivity contribution in [2.24, 2.45) is 0 Å². The fourth-order valence-corrected chi connectivity index (χ4v) is 1.75. The van der Waals surface area contributed by atoms with Gasteiger partial charge in [-0.15, -0.1) is 0 Å². The number of unbranched alkanes of at least 4 members (excludes halogenated alkanes) is 2. The molecule has 0 saturated carbocycles. The molecular weight excluding hydrogens is 260 g/mol. The average molecular weight is 283 g/mol. The van der Waals surface area contributed by atoms with E-state index in [1.165, 1.54) is 7.05 Å². The number of hydrogen-bond acceptors (Lipinski definition) is 3. The summed E-state index contributed by atoms with van der Waals surface area (Å²) in [6.07, 6.45) is 3.85. The number of halogens is 1. The first-order valence-corrected chi connectivity index (χ1v) is 6.55. The monoisotopic (exact) mass is 283 g/mol. The molecule has 0 aliphatic heterocycles. The summed E-state index contributed by atoms with van der Waals surface area (Å²) >= 11 is 0. The molecule has 0 fully saturated rings. The van der Waals surface area contributed by atoms with Gasteiger partial charge in [0.25, 0.3) is 0 Å². The molecule has 0 saturated heterocycles. The molecule has 1 unspecified atom stereocenters. The van der Waals surface area contributed by atoms with E-state index in [9.17, 15) is 19.1 Å². The minimum absolute atomic E-state index is 0. The van der Waals surface area contributed by atoms with E-state index in [2.05, 4.69) is 0 Å². The van der Waals surface area contributed by atoms with E-state index < -0.39 is 12.1 Å². The Labute approximate surface area is 137 Å². The number of nitrogens with zero attached hydrogens (tertiary/aromatic N) is 1. The van der Waals surface area contributed by atoms with Crippen LogP contribution in [0.1, 0.15) is 51.9 Å². The quantitative estimate of drug-likeness (QED) is 0.354. The van der Waals surface area contributed by atoms with E-state index in [0.717, 1.165) is 24.2 Å². The predicted molar refractivity (Wildman–Crippen MR) is 65.5 cm³/mol. The van der Waals surface area contributed by atoms with Gasteiger partial charge >= 0.3 is 29.6 Å². The second-order valence-corrected chi connectivity index (χ2v) is 4.61. The zero-order chi connectivity index (χ0) is 14.0. The largest absolute Gasteiger partial charge is 1.00 e. The number of aliphatic carboxylic acids is 1. The molecular formula is C13H23FNNaO3. The van der Waals surface area contributed by atoms with E-state index >= 15 is 0 Å². The Hall–Kier alpha value is -0.130. The predicted octanol–water partition coefficient (Wildman–Crippen LogP) is -1.71. The molecule has 0 aliphatic carbocycles. The van der Waals surface area contributed by atoms with Gasteiger partial charge in [0.15, 0.2) is 0 Å². The van der Waals surface area contributed by atoms with Crippen LogP contribution in [0.15, 0.2) is 0 Å². The van der Waals surface area contributed by atoms with Crippen LogP contribution in [0.2, 0.25) is 0 Å². The van der Waals surface area contributed by atoms with Crippen molar-refractivity contribution in [1.82, 2.24) is 4.90 Å². The Morgan fingerprint density at radius 2 is 1.84 bits per heavy atom. The summed E-state index contributed by atoms with van der Waals surface area (Å²) in [4.78, 5) is 22.9. The number of alkyl halides is 1. The van der Waals surface area contributed by atoms with Crippen LogP contribution in [-0.2, 0) is 9.59 Å². The average Bonchev–Trinajstić information content (AvgIpc) is 2.27. The van der Waals surface area contributed by atoms with Gasteiger partial charge in [-0.3, -0.25) is 4.79 Å². The molecule has 0 rings (SSSR count). The number of likely N-dealkylation sites (N-methyl/N-ethyl adjacent to an activating group) is 1. The van der Waals surface area contributed by atoms with Crippen molar-refractivity contribution in [3.8, 4) is 0 Å². The minimum atomic E-state index is -1.26. The summed E-state index contributed by atoms with van der Waals surface area (Å²) in [7, 11) is 1.44. The van der Waals surface area contributed by atoms with Gasteiger partial charge in [-0.2, -0.15) is 0 Å². The molecule has 1 atom stereocenters. The van der Waals surface area contributed by atoms with E-state index in [-0.39, 0.29) is 42.0 Å². The minimum Gasteiger partial charge on any atom is -0.548 e. The fraction of sp³-hybridized carbons (Fsp3) is 0.846. The van der Waals surface area contributed by atoms with Crippen LogP contribution in [0, 0.1) is 0 Å². The third kappa shape index (κ3) is 12.6. The maximum atomic E-state index is 13.1. The smallest absolute Gasteiger partial charge is 0.548 e. The molecule has 0 radical (unpaired) electrons. The standard InChI is InChI=1S/C13H24FNO3.Na/c1-3-7-11(14)8-5-4-6-9-12(16)15(2)10-13(17)18;/h11H,3-10H2,1-2H3,(H,17,18);/q;+1/p-1. The van der Waals surface area contributed by atoms with Crippen LogP contribution in [0.5, 0.6) is 0 Å². The first kappa shape index (κ1) is 21.2. The third-order valence-corrected chi connectivity index (χ3v) is 2.80. The Bertz CT molecular complexity index is 264. The van der Waals surface area contributed by atoms with Crippen molar-refractivity contribution in [3.63, 3.8) is 0 Å². The molecule has 106 valence electrons. The molecule has 0 bridgehead atoms. The van der Waals surface area contributed by atoms with Crippen molar-refractivity contribution in [3.05, 3.63) is 0 Å². The first-order valence-electron chi connectivity index (χ1n) is 6.55. The molecule has 0 spiro atoms. The molecule has 1 amide bonds. The number of amides is 1. The summed E-state index contributed by atoms with van der Waals surface area (Å²) in [5.41, 5.74) is 0. The Kier molecular flexibility index (Phi) is 14.4. The van der Waals surface area contributed by atoms with Gasteiger partial charge in [0.1, 0.15) is 6.17 Å². The fourth-order valence-electron chi connectivity index (χ4n) is 1.75. The van der Waals surface area contributed by atoms with Gasteiger partial charge in [-0.1, -0.05) is 26.2 Å². The molecule has 19 heavy (non-hydrogen) atoms. The number of carboxylic acids is 1. The van der Waals surface area contributed by atoms with Crippen molar-refractivity contribution in [2.75, 3.05) is 13.6 Å². The maximum absolute atomic E-state index is 13.1. The zero-order valence-electron chi connectivity index (χ0n) is 12.3. The molecule has 0 aromatic heterocycles. The molecule has 0 heterocycles. The Morgan fingerprint density at radius 3 is 2.37 bits per heavy atom. The topological polar surface area (TPSA) is 60.4 Å². The van der Waals surface area contributed by atoms with Crippen LogP contribution in [0.4, 0.5) is 4.39 Å². The summed E-state index contributed by atoms with van der Waals surface area (Å²) < 4.78 is 13.1. The van der Waals surface area contributed by atoms with Gasteiger partial charge < -0.3 is 14.8 Å². The number of carboxylic acid groups (broad SMARTS) is 1. The number of hydrogen-bond donors (Lipinski definition) is 0. The van der Waals surface area contributed by atoms with Crippen molar-refractivity contribution < 1.29 is 48.6 Å². The summed E-state index contributed by atoms with van der Waals surface area (Å²) in [6.45, 7) is 1.58. The van der Waals surface area contributed by atoms with Crippen LogP contribution >= 0.6 is 0 Å². The van der Waals surface area contributed by atoms with Gasteiger partial charge in [0, 0.05) is 13.5 Å². The summed E-state index contributed by atoms with van der Waals surface area (Å²) in [5.74, 6) is -1.46. The first-order chi connectivity index (χ1) is 8.47. The van der Waals surface area contributed by atoms with Crippen molar-refractivity contribution in [1.29, 1.82) is 0 Å². The van der Waals surface area contributed by atoms with Crippen LogP contribution in [0.25, 0.3) is 0 Å². The molecule has 0 N–H and O–H groups in total. The van der Waals surface area contributed by atoms with Crippen LogP contribution in [-0.4, -0.2) is 36.5 Å². The van der Waals surface area contributed by atoms with E-state index in [0.29, 0.717) is 25.7 Å². The van der Waals surface area contributed by atoms with Crippen molar-refractivity contribution >= 4 is 11.9 Å². The van der Waals surface area contributed by atoms with Crippen molar-refractivity contribution in [2.45, 2.75) is 58.0 Å². The van der Waals surface area contributed by atoms with E-state index in [1.807, 2.05) is 6.92 Å². The molecule has 4 nitrogen and oxygen atoms in total. The second kappa shape index (κ2) is 12.9. The van der Waals surface area contributed by atoms with Crippen LogP contribution in [0.3, 0.4) is 0 Å². The Balaban J connectivity index is 0. The van der Waals surface area contributed by atoms with Gasteiger partial charge in [-0.05, 0) is 19.3 Å². The maximum Gasteiger partial charge on any atom is 1.00 e. The number of carbonyl (C=O) groups excluding carboxylic acids is 2. The number of rotatable bonds is 10. The van der Waals surface area contributed by atoms with Crippen LogP contribution < -0.4 is 34.7 Å². The normalized spacial score (nSPS) is 11.5. The SMILES string of the molecule is CCCC(F)CCCCCC(=O)N(C)CC(=O)[O-].[Na+]. The van der Waals surface area contributed by atoms with E-state index in [1.54, 1.807) is 0 Å². The second-order valence-electron chi connectivity index (χ2n) is 4.61. The van der Waals surface area contributed by atoms with Gasteiger partial charge in [0.2, 0.25) is 5.91 Å². The Morgan fingerprint density at radius 1 is 1.21 bits per heavy atom. The summed E-state index contributed by atoms with van der Waals surface area (Å²) in [6, 6.07) is 0. The van der Waals surface area contributed by atoms with Gasteiger partial charge in [-0.25, -0.2) is 4.39 Å². The summed E-state index contributed by atoms with van der Waals surface area (Å²) in [5, 5.41) is 10.3. The zero-order valence-corrected chi connectivity index (χ0v) is 14.3. The molecule has 0 aromatic carbocycles.